The van der Waals surface area contributed by atoms with Gasteiger partial charge in [0.1, 0.15) is 11.6 Å². The molecule has 0 aliphatic carbocycles. The number of rotatable bonds is 4. The molecule has 6 nitrogen and oxygen atoms in total. The van der Waals surface area contributed by atoms with Crippen molar-refractivity contribution in [1.29, 1.82) is 0 Å². The fraction of sp³-hybridized carbons (Fsp3) is 0.381. The number of phenolic OH excluding ortho intramolecular Hbond substituents is 1. The van der Waals surface area contributed by atoms with Crippen LogP contribution < -0.4 is 11.1 Å². The molecule has 1 aliphatic rings. The molecule has 1 unspecified atom stereocenters. The van der Waals surface area contributed by atoms with E-state index in [9.17, 15) is 31.9 Å². The largest absolute Gasteiger partial charge is 0.507 e. The van der Waals surface area contributed by atoms with Crippen molar-refractivity contribution < 1.29 is 31.9 Å². The van der Waals surface area contributed by atoms with Crippen molar-refractivity contribution in [2.75, 3.05) is 18.8 Å². The molecule has 32 heavy (non-hydrogen) atoms. The third-order valence-electron chi connectivity index (χ3n) is 4.74. The third-order valence-corrected chi connectivity index (χ3v) is 4.74. The number of aromatic hydroxyl groups is 1. The molecule has 1 aromatic carbocycles. The van der Waals surface area contributed by atoms with Gasteiger partial charge in [-0.3, -0.25) is 9.79 Å². The van der Waals surface area contributed by atoms with Crippen LogP contribution in [-0.4, -0.2) is 41.2 Å². The number of hydrogen-bond donors (Lipinski definition) is 3. The Kier molecular flexibility index (Phi) is 7.42. The normalized spacial score (nSPS) is 17.8. The maximum atomic E-state index is 13.6. The number of nitrogens with two attached hydrogens (primary N) is 1. The number of carbonyl (C=O) groups is 1. The van der Waals surface area contributed by atoms with E-state index < -0.39 is 35.2 Å². The molecule has 0 saturated carbocycles. The van der Waals surface area contributed by atoms with E-state index in [1.54, 1.807) is 0 Å². The first-order valence-electron chi connectivity index (χ1n) is 9.75. The average molecular weight is 458 g/mol. The number of alkyl halides is 5. The minimum Gasteiger partial charge on any atom is -0.507 e. The van der Waals surface area contributed by atoms with Gasteiger partial charge in [-0.25, -0.2) is 4.98 Å². The predicted molar refractivity (Wildman–Crippen MR) is 111 cm³/mol. The molecule has 11 heteroatoms. The van der Waals surface area contributed by atoms with Crippen LogP contribution in [0, 0.1) is 12.8 Å². The third kappa shape index (κ3) is 5.14. The zero-order valence-electron chi connectivity index (χ0n) is 17.6. The second-order valence-electron chi connectivity index (χ2n) is 6.88. The maximum Gasteiger partial charge on any atom is 0.416 e. The standard InChI is InChI=1S/C19H17F5N4O2.C2H6/c1-9-4-11(19(22,23)24)5-14(29)15(9)13-3-2-10(16(25)28-13)6-26-7-12-8-27-17(30)18(12,20)21;1-2/h2-6,12,29H,7-8H2,1H3,(H2,25,28)(H,27,30);1-2H3. The van der Waals surface area contributed by atoms with E-state index in [4.69, 9.17) is 5.73 Å². The van der Waals surface area contributed by atoms with Crippen molar-refractivity contribution in [3.8, 4) is 17.0 Å². The quantitative estimate of drug-likeness (QED) is 0.473. The van der Waals surface area contributed by atoms with Gasteiger partial charge >= 0.3 is 12.1 Å². The lowest BCUT2D eigenvalue weighted by Crippen LogP contribution is -2.34. The number of carbonyl (C=O) groups excluding carboxylic acids is 1. The fourth-order valence-electron chi connectivity index (χ4n) is 3.10. The van der Waals surface area contributed by atoms with Gasteiger partial charge in [0.05, 0.1) is 17.2 Å². The first-order chi connectivity index (χ1) is 14.9. The average Bonchev–Trinajstić information content (AvgIpc) is 2.96. The summed E-state index contributed by atoms with van der Waals surface area (Å²) in [5, 5.41) is 12.1. The number of aromatic nitrogens is 1. The summed E-state index contributed by atoms with van der Waals surface area (Å²) in [6.45, 7) is 4.89. The van der Waals surface area contributed by atoms with Crippen LogP contribution in [0.15, 0.2) is 29.3 Å². The number of anilines is 1. The summed E-state index contributed by atoms with van der Waals surface area (Å²) in [6.07, 6.45) is -3.38. The van der Waals surface area contributed by atoms with E-state index in [1.165, 1.54) is 25.3 Å². The molecule has 1 saturated heterocycles. The van der Waals surface area contributed by atoms with Crippen molar-refractivity contribution in [3.05, 3.63) is 41.0 Å². The zero-order chi connectivity index (χ0) is 24.3. The highest BCUT2D eigenvalue weighted by molar-refractivity contribution is 5.88. The Bertz CT molecular complexity index is 999. The number of nitrogens with zero attached hydrogens (tertiary/aromatic N) is 2. The molecule has 2 aromatic rings. The van der Waals surface area contributed by atoms with Gasteiger partial charge in [-0.2, -0.15) is 22.0 Å². The summed E-state index contributed by atoms with van der Waals surface area (Å²) in [4.78, 5) is 19.0. The first kappa shape index (κ1) is 25.0. The van der Waals surface area contributed by atoms with Crippen molar-refractivity contribution in [3.63, 3.8) is 0 Å². The zero-order valence-corrected chi connectivity index (χ0v) is 17.6. The van der Waals surface area contributed by atoms with E-state index >= 15 is 0 Å². The molecule has 1 aliphatic heterocycles. The Labute approximate surface area is 181 Å². The Morgan fingerprint density at radius 2 is 1.97 bits per heavy atom. The predicted octanol–water partition coefficient (Wildman–Crippen LogP) is 4.19. The lowest BCUT2D eigenvalue weighted by atomic mass is 10.00. The van der Waals surface area contributed by atoms with Crippen LogP contribution in [0.25, 0.3) is 11.3 Å². The number of hydrogen-bond acceptors (Lipinski definition) is 5. The van der Waals surface area contributed by atoms with Crippen LogP contribution in [0.1, 0.15) is 30.5 Å². The number of pyridine rings is 1. The van der Waals surface area contributed by atoms with Crippen LogP contribution in [0.5, 0.6) is 5.75 Å². The second-order valence-corrected chi connectivity index (χ2v) is 6.88. The van der Waals surface area contributed by atoms with Gasteiger partial charge in [0.25, 0.3) is 5.91 Å². The van der Waals surface area contributed by atoms with Crippen LogP contribution >= 0.6 is 0 Å². The van der Waals surface area contributed by atoms with Gasteiger partial charge in [-0.15, -0.1) is 0 Å². The number of aryl methyl sites for hydroxylation is 1. The van der Waals surface area contributed by atoms with Gasteiger partial charge in [-0.05, 0) is 36.8 Å². The molecule has 2 heterocycles. The summed E-state index contributed by atoms with van der Waals surface area (Å²) in [5.74, 6) is -6.76. The molecule has 1 aromatic heterocycles. The number of aliphatic imine (C=N–C) groups is 1. The molecule has 1 amide bonds. The Morgan fingerprint density at radius 3 is 2.47 bits per heavy atom. The number of phenols is 1. The van der Waals surface area contributed by atoms with Gasteiger partial charge in [0, 0.05) is 30.4 Å². The Morgan fingerprint density at radius 1 is 1.31 bits per heavy atom. The molecule has 1 fully saturated rings. The van der Waals surface area contributed by atoms with Crippen LogP contribution in [-0.2, 0) is 11.0 Å². The lowest BCUT2D eigenvalue weighted by Gasteiger charge is -2.14. The van der Waals surface area contributed by atoms with Crippen LogP contribution in [0.4, 0.5) is 27.8 Å². The number of nitrogen functional groups attached to an aromatic ring is 1. The first-order valence-corrected chi connectivity index (χ1v) is 9.75. The second kappa shape index (κ2) is 9.49. The molecule has 0 radical (unpaired) electrons. The van der Waals surface area contributed by atoms with Gasteiger partial charge in [0.2, 0.25) is 0 Å². The van der Waals surface area contributed by atoms with Gasteiger partial charge in [-0.1, -0.05) is 13.8 Å². The summed E-state index contributed by atoms with van der Waals surface area (Å²) in [6, 6.07) is 4.36. The Hall–Kier alpha value is -3.24. The highest BCUT2D eigenvalue weighted by atomic mass is 19.4. The topological polar surface area (TPSA) is 101 Å². The molecule has 1 atom stereocenters. The van der Waals surface area contributed by atoms with E-state index in [-0.39, 0.29) is 35.7 Å². The van der Waals surface area contributed by atoms with Crippen molar-refractivity contribution >= 4 is 17.9 Å². The van der Waals surface area contributed by atoms with E-state index in [0.717, 1.165) is 6.07 Å². The number of halogens is 5. The summed E-state index contributed by atoms with van der Waals surface area (Å²) < 4.78 is 65.8. The monoisotopic (exact) mass is 458 g/mol. The van der Waals surface area contributed by atoms with E-state index in [1.807, 2.05) is 13.8 Å². The number of nitrogens with one attached hydrogen (secondary N) is 1. The van der Waals surface area contributed by atoms with E-state index in [0.29, 0.717) is 11.6 Å². The number of benzene rings is 1. The summed E-state index contributed by atoms with van der Waals surface area (Å²) in [5.41, 5.74) is 5.54. The molecule has 0 bridgehead atoms. The van der Waals surface area contributed by atoms with Crippen molar-refractivity contribution in [2.45, 2.75) is 32.9 Å². The highest BCUT2D eigenvalue weighted by Gasteiger charge is 2.51. The van der Waals surface area contributed by atoms with Gasteiger partial charge < -0.3 is 16.2 Å². The molecule has 174 valence electrons. The van der Waals surface area contributed by atoms with Gasteiger partial charge in [0.15, 0.2) is 0 Å². The molecule has 3 rings (SSSR count). The minimum atomic E-state index is -4.61. The fourth-order valence-corrected chi connectivity index (χ4v) is 3.10. The summed E-state index contributed by atoms with van der Waals surface area (Å²) >= 11 is 0. The maximum absolute atomic E-state index is 13.6. The van der Waals surface area contributed by atoms with Crippen LogP contribution in [0.3, 0.4) is 0 Å². The smallest absolute Gasteiger partial charge is 0.416 e. The lowest BCUT2D eigenvalue weighted by molar-refractivity contribution is -0.144. The highest BCUT2D eigenvalue weighted by Crippen LogP contribution is 2.38. The van der Waals surface area contributed by atoms with E-state index in [2.05, 4.69) is 15.3 Å². The minimum absolute atomic E-state index is 0.0534. The molecular weight excluding hydrogens is 435 g/mol. The molecule has 0 spiro atoms. The van der Waals surface area contributed by atoms with Crippen molar-refractivity contribution in [2.24, 2.45) is 10.9 Å². The SMILES string of the molecule is CC.Cc1cc(C(F)(F)F)cc(O)c1-c1ccc(C=NCC2CNC(=O)C2(F)F)c(N)n1. The molecule has 4 N–H and O–H groups in total. The molecular formula is C21H23F5N4O2. The Balaban J connectivity index is 0.00000176. The van der Waals surface area contributed by atoms with Crippen LogP contribution in [0.2, 0.25) is 0 Å². The van der Waals surface area contributed by atoms with Crippen molar-refractivity contribution in [1.82, 2.24) is 10.3 Å². The summed E-state index contributed by atoms with van der Waals surface area (Å²) in [7, 11) is 0. The number of amides is 1.